The smallest absolute Gasteiger partial charge is 0.272 e. The monoisotopic (exact) mass is 372 g/mol. The Labute approximate surface area is 160 Å². The van der Waals surface area contributed by atoms with Crippen LogP contribution in [0.5, 0.6) is 5.75 Å². The topological polar surface area (TPSA) is 42.4 Å². The molecule has 1 saturated heterocycles. The van der Waals surface area contributed by atoms with E-state index >= 15 is 0 Å². The predicted octanol–water partition coefficient (Wildman–Crippen LogP) is 4.74. The Morgan fingerprint density at radius 1 is 1.19 bits per heavy atom. The quantitative estimate of drug-likeness (QED) is 0.778. The lowest BCUT2D eigenvalue weighted by Crippen LogP contribution is -2.42. The van der Waals surface area contributed by atoms with Gasteiger partial charge in [-0.2, -0.15) is 0 Å². The van der Waals surface area contributed by atoms with Crippen molar-refractivity contribution in [2.75, 3.05) is 13.1 Å². The van der Waals surface area contributed by atoms with Crippen LogP contribution in [0.1, 0.15) is 42.0 Å². The summed E-state index contributed by atoms with van der Waals surface area (Å²) in [7, 11) is 0. The second-order valence-corrected chi connectivity index (χ2v) is 7.75. The van der Waals surface area contributed by atoms with Crippen molar-refractivity contribution in [1.29, 1.82) is 0 Å². The maximum absolute atomic E-state index is 12.8. The molecule has 0 N–H and O–H groups in total. The largest absolute Gasteiger partial charge is 0.485 e. The molecular formula is C21H25ClN2O2. The SMILES string of the molecule is Cc1cccc(Cl)c1OCc1cccc(C(=O)N2CC(C)CC(C)C2)n1. The molecule has 4 nitrogen and oxygen atoms in total. The number of halogens is 1. The molecule has 0 saturated carbocycles. The van der Waals surface area contributed by atoms with Crippen LogP contribution >= 0.6 is 11.6 Å². The number of benzene rings is 1. The van der Waals surface area contributed by atoms with Crippen molar-refractivity contribution >= 4 is 17.5 Å². The Hall–Kier alpha value is -2.07. The van der Waals surface area contributed by atoms with Crippen molar-refractivity contribution < 1.29 is 9.53 Å². The minimum Gasteiger partial charge on any atom is -0.485 e. The molecule has 1 aliphatic rings. The van der Waals surface area contributed by atoms with Gasteiger partial charge in [0.05, 0.1) is 10.7 Å². The molecule has 138 valence electrons. The summed E-state index contributed by atoms with van der Waals surface area (Å²) in [6.45, 7) is 8.21. The van der Waals surface area contributed by atoms with Gasteiger partial charge in [-0.15, -0.1) is 0 Å². The van der Waals surface area contributed by atoms with Gasteiger partial charge < -0.3 is 9.64 Å². The third-order valence-electron chi connectivity index (χ3n) is 4.71. The van der Waals surface area contributed by atoms with Crippen LogP contribution in [0.4, 0.5) is 0 Å². The van der Waals surface area contributed by atoms with Crippen molar-refractivity contribution in [2.24, 2.45) is 11.8 Å². The van der Waals surface area contributed by atoms with E-state index in [9.17, 15) is 4.79 Å². The van der Waals surface area contributed by atoms with Gasteiger partial charge in [0.1, 0.15) is 18.1 Å². The number of carbonyl (C=O) groups is 1. The number of para-hydroxylation sites is 1. The molecule has 1 amide bonds. The predicted molar refractivity (Wildman–Crippen MR) is 104 cm³/mol. The van der Waals surface area contributed by atoms with E-state index in [1.54, 1.807) is 12.1 Å². The van der Waals surface area contributed by atoms with Crippen molar-refractivity contribution in [3.8, 4) is 5.75 Å². The van der Waals surface area contributed by atoms with Crippen LogP contribution in [-0.2, 0) is 6.61 Å². The van der Waals surface area contributed by atoms with E-state index in [1.807, 2.05) is 36.1 Å². The number of carbonyl (C=O) groups excluding carboxylic acids is 1. The number of aryl methyl sites for hydroxylation is 1. The Bertz CT molecular complexity index is 763. The first-order chi connectivity index (χ1) is 12.4. The Balaban J connectivity index is 1.71. The first kappa shape index (κ1) is 18.7. The summed E-state index contributed by atoms with van der Waals surface area (Å²) >= 11 is 6.20. The molecule has 26 heavy (non-hydrogen) atoms. The van der Waals surface area contributed by atoms with Gasteiger partial charge in [-0.05, 0) is 48.9 Å². The number of amides is 1. The molecule has 0 aliphatic carbocycles. The molecule has 1 aliphatic heterocycles. The molecule has 1 aromatic heterocycles. The molecule has 5 heteroatoms. The van der Waals surface area contributed by atoms with Crippen molar-refractivity contribution in [1.82, 2.24) is 9.88 Å². The van der Waals surface area contributed by atoms with Crippen LogP contribution in [0.2, 0.25) is 5.02 Å². The van der Waals surface area contributed by atoms with Crippen molar-refractivity contribution in [3.05, 3.63) is 58.4 Å². The van der Waals surface area contributed by atoms with Crippen LogP contribution in [-0.4, -0.2) is 28.9 Å². The van der Waals surface area contributed by atoms with Crippen LogP contribution in [0.25, 0.3) is 0 Å². The Kier molecular flexibility index (Phi) is 5.82. The highest BCUT2D eigenvalue weighted by molar-refractivity contribution is 6.32. The maximum Gasteiger partial charge on any atom is 0.272 e. The fourth-order valence-corrected chi connectivity index (χ4v) is 3.89. The Morgan fingerprint density at radius 3 is 2.58 bits per heavy atom. The summed E-state index contributed by atoms with van der Waals surface area (Å²) in [6.07, 6.45) is 1.17. The van der Waals surface area contributed by atoms with E-state index in [0.717, 1.165) is 18.7 Å². The zero-order chi connectivity index (χ0) is 18.7. The lowest BCUT2D eigenvalue weighted by molar-refractivity contribution is 0.0616. The van der Waals surface area contributed by atoms with Gasteiger partial charge in [0.25, 0.3) is 5.91 Å². The normalized spacial score (nSPS) is 20.1. The van der Waals surface area contributed by atoms with Crippen molar-refractivity contribution in [3.63, 3.8) is 0 Å². The van der Waals surface area contributed by atoms with E-state index in [4.69, 9.17) is 16.3 Å². The van der Waals surface area contributed by atoms with E-state index in [2.05, 4.69) is 18.8 Å². The van der Waals surface area contributed by atoms with Crippen LogP contribution < -0.4 is 4.74 Å². The highest BCUT2D eigenvalue weighted by atomic mass is 35.5. The third kappa shape index (κ3) is 4.36. The number of piperidine rings is 1. The molecular weight excluding hydrogens is 348 g/mol. The molecule has 1 fully saturated rings. The minimum atomic E-state index is -0.000765. The van der Waals surface area contributed by atoms with E-state index < -0.39 is 0 Å². The summed E-state index contributed by atoms with van der Waals surface area (Å²) in [4.78, 5) is 19.3. The first-order valence-corrected chi connectivity index (χ1v) is 9.45. The number of hydrogen-bond donors (Lipinski definition) is 0. The standard InChI is InChI=1S/C21H25ClN2O2/c1-14-10-15(2)12-24(11-14)21(25)19-9-5-7-17(23-19)13-26-20-16(3)6-4-8-18(20)22/h4-9,14-15H,10-13H2,1-3H3. The van der Waals surface area contributed by atoms with Crippen LogP contribution in [0.15, 0.2) is 36.4 Å². The highest BCUT2D eigenvalue weighted by Crippen LogP contribution is 2.28. The number of aromatic nitrogens is 1. The van der Waals surface area contributed by atoms with Gasteiger partial charge in [-0.3, -0.25) is 4.79 Å². The minimum absolute atomic E-state index is 0.000765. The molecule has 0 spiro atoms. The zero-order valence-corrected chi connectivity index (χ0v) is 16.3. The fourth-order valence-electron chi connectivity index (χ4n) is 3.62. The van der Waals surface area contributed by atoms with Gasteiger partial charge in [-0.1, -0.05) is 43.6 Å². The van der Waals surface area contributed by atoms with Gasteiger partial charge in [0.2, 0.25) is 0 Å². The van der Waals surface area contributed by atoms with E-state index in [0.29, 0.717) is 34.0 Å². The zero-order valence-electron chi connectivity index (χ0n) is 15.5. The molecule has 2 unspecified atom stereocenters. The number of pyridine rings is 1. The number of ether oxygens (including phenoxy) is 1. The summed E-state index contributed by atoms with van der Waals surface area (Å²) in [5.41, 5.74) is 2.16. The molecule has 0 radical (unpaired) electrons. The fraction of sp³-hybridized carbons (Fsp3) is 0.429. The summed E-state index contributed by atoms with van der Waals surface area (Å²) in [6, 6.07) is 11.1. The van der Waals surface area contributed by atoms with Crippen LogP contribution in [0.3, 0.4) is 0 Å². The van der Waals surface area contributed by atoms with Crippen molar-refractivity contribution in [2.45, 2.75) is 33.8 Å². The maximum atomic E-state index is 12.8. The average Bonchev–Trinajstić information content (AvgIpc) is 2.60. The average molecular weight is 373 g/mol. The molecule has 0 bridgehead atoms. The summed E-state index contributed by atoms with van der Waals surface area (Å²) in [5.74, 6) is 1.71. The van der Waals surface area contributed by atoms with E-state index in [1.165, 1.54) is 6.42 Å². The lowest BCUT2D eigenvalue weighted by atomic mass is 9.92. The summed E-state index contributed by atoms with van der Waals surface area (Å²) < 4.78 is 5.85. The number of hydrogen-bond acceptors (Lipinski definition) is 3. The van der Waals surface area contributed by atoms with Gasteiger partial charge in [0, 0.05) is 13.1 Å². The highest BCUT2D eigenvalue weighted by Gasteiger charge is 2.26. The Morgan fingerprint density at radius 2 is 1.88 bits per heavy atom. The first-order valence-electron chi connectivity index (χ1n) is 9.07. The number of nitrogens with zero attached hydrogens (tertiary/aromatic N) is 2. The molecule has 1 aromatic carbocycles. The molecule has 2 atom stereocenters. The third-order valence-corrected chi connectivity index (χ3v) is 5.01. The van der Waals surface area contributed by atoms with E-state index in [-0.39, 0.29) is 12.5 Å². The van der Waals surface area contributed by atoms with Gasteiger partial charge in [0.15, 0.2) is 0 Å². The van der Waals surface area contributed by atoms with Gasteiger partial charge >= 0.3 is 0 Å². The second-order valence-electron chi connectivity index (χ2n) is 7.34. The second kappa shape index (κ2) is 8.09. The number of rotatable bonds is 4. The molecule has 2 aromatic rings. The molecule has 3 rings (SSSR count). The summed E-state index contributed by atoms with van der Waals surface area (Å²) in [5, 5.41) is 0.577. The molecule has 2 heterocycles. The lowest BCUT2D eigenvalue weighted by Gasteiger charge is -2.34. The van der Waals surface area contributed by atoms with Gasteiger partial charge in [-0.25, -0.2) is 4.98 Å². The number of likely N-dealkylation sites (tertiary alicyclic amines) is 1. The van der Waals surface area contributed by atoms with Crippen LogP contribution in [0, 0.1) is 18.8 Å².